The maximum Gasteiger partial charge on any atom is 0.272 e. The number of fused-ring (bicyclic) bond motifs is 3. The van der Waals surface area contributed by atoms with E-state index in [1.54, 1.807) is 4.57 Å². The molecule has 1 amide bonds. The Hall–Kier alpha value is -3.00. The maximum absolute atomic E-state index is 12.7. The number of anilines is 1. The van der Waals surface area contributed by atoms with Gasteiger partial charge in [-0.3, -0.25) is 18.6 Å². The average molecular weight is 395 g/mol. The van der Waals surface area contributed by atoms with Gasteiger partial charge in [0.2, 0.25) is 11.7 Å². The number of hydrogen-bond acceptors (Lipinski definition) is 5. The first-order valence-electron chi connectivity index (χ1n) is 9.29. The number of carbonyl (C=O) groups is 1. The first-order chi connectivity index (χ1) is 13.6. The van der Waals surface area contributed by atoms with Crippen LogP contribution in [0.15, 0.2) is 40.5 Å². The van der Waals surface area contributed by atoms with Gasteiger partial charge >= 0.3 is 0 Å². The van der Waals surface area contributed by atoms with Crippen LogP contribution in [0.3, 0.4) is 0 Å². The van der Waals surface area contributed by atoms with E-state index in [0.29, 0.717) is 29.3 Å². The van der Waals surface area contributed by atoms with Crippen molar-refractivity contribution in [3.05, 3.63) is 57.5 Å². The molecule has 0 aliphatic rings. The van der Waals surface area contributed by atoms with Crippen molar-refractivity contribution in [1.82, 2.24) is 19.2 Å². The van der Waals surface area contributed by atoms with Gasteiger partial charge in [0.25, 0.3) is 5.56 Å². The van der Waals surface area contributed by atoms with Crippen molar-refractivity contribution in [2.45, 2.75) is 39.7 Å². The van der Waals surface area contributed by atoms with Gasteiger partial charge in [-0.15, -0.1) is 21.5 Å². The minimum atomic E-state index is -0.0796. The van der Waals surface area contributed by atoms with E-state index in [-0.39, 0.29) is 17.9 Å². The molecule has 0 fully saturated rings. The largest absolute Gasteiger partial charge is 0.326 e. The number of nitrogens with one attached hydrogen (secondary N) is 1. The van der Waals surface area contributed by atoms with Crippen LogP contribution < -0.4 is 10.9 Å². The summed E-state index contributed by atoms with van der Waals surface area (Å²) in [6.45, 7) is 4.61. The molecular weight excluding hydrogens is 374 g/mol. The van der Waals surface area contributed by atoms with Gasteiger partial charge < -0.3 is 5.32 Å². The summed E-state index contributed by atoms with van der Waals surface area (Å²) >= 11 is 1.42. The van der Waals surface area contributed by atoms with Crippen LogP contribution in [0.4, 0.5) is 5.69 Å². The maximum atomic E-state index is 12.7. The summed E-state index contributed by atoms with van der Waals surface area (Å²) in [6, 6.07) is 9.60. The molecule has 28 heavy (non-hydrogen) atoms. The summed E-state index contributed by atoms with van der Waals surface area (Å²) in [7, 11) is 0. The van der Waals surface area contributed by atoms with Crippen LogP contribution in [-0.4, -0.2) is 25.1 Å². The highest BCUT2D eigenvalue weighted by atomic mass is 32.1. The number of benzene rings is 1. The minimum Gasteiger partial charge on any atom is -0.326 e. The van der Waals surface area contributed by atoms with Gasteiger partial charge in [0, 0.05) is 25.1 Å². The van der Waals surface area contributed by atoms with Crippen molar-refractivity contribution in [1.29, 1.82) is 0 Å². The van der Waals surface area contributed by atoms with E-state index in [4.69, 9.17) is 0 Å². The first-order valence-corrected chi connectivity index (χ1v) is 10.2. The number of hydrogen-bond donors (Lipinski definition) is 1. The second-order valence-electron chi connectivity index (χ2n) is 6.76. The minimum absolute atomic E-state index is 0.0320. The third-order valence-corrected chi connectivity index (χ3v) is 5.53. The van der Waals surface area contributed by atoms with Crippen LogP contribution >= 0.6 is 11.3 Å². The number of thiophene rings is 1. The van der Waals surface area contributed by atoms with Crippen molar-refractivity contribution in [2.75, 3.05) is 5.32 Å². The van der Waals surface area contributed by atoms with Gasteiger partial charge in [0.1, 0.15) is 10.5 Å². The van der Waals surface area contributed by atoms with Crippen LogP contribution in [0.2, 0.25) is 0 Å². The molecule has 0 aliphatic heterocycles. The van der Waals surface area contributed by atoms with Gasteiger partial charge in [0.05, 0.1) is 5.52 Å². The van der Waals surface area contributed by atoms with Crippen molar-refractivity contribution < 1.29 is 4.79 Å². The van der Waals surface area contributed by atoms with Crippen molar-refractivity contribution >= 4 is 38.9 Å². The summed E-state index contributed by atoms with van der Waals surface area (Å²) in [4.78, 5) is 25.1. The van der Waals surface area contributed by atoms with Crippen LogP contribution in [-0.2, 0) is 17.8 Å². The lowest BCUT2D eigenvalue weighted by Crippen LogP contribution is -2.22. The van der Waals surface area contributed by atoms with Crippen molar-refractivity contribution in [3.8, 4) is 0 Å². The highest BCUT2D eigenvalue weighted by Gasteiger charge is 2.17. The Balaban J connectivity index is 1.61. The zero-order chi connectivity index (χ0) is 19.7. The molecule has 1 N–H and O–H groups in total. The Kier molecular flexibility index (Phi) is 4.95. The number of nitrogens with zero attached hydrogens (tertiary/aromatic N) is 4. The summed E-state index contributed by atoms with van der Waals surface area (Å²) in [5.41, 5.74) is 2.69. The predicted molar refractivity (Wildman–Crippen MR) is 111 cm³/mol. The molecule has 8 heteroatoms. The van der Waals surface area contributed by atoms with Crippen LogP contribution in [0.25, 0.3) is 16.0 Å². The Labute approximate surface area is 165 Å². The van der Waals surface area contributed by atoms with E-state index in [1.165, 1.54) is 11.3 Å². The molecule has 0 atom stereocenters. The Morgan fingerprint density at radius 1 is 1.18 bits per heavy atom. The average Bonchev–Trinajstić information content (AvgIpc) is 3.32. The number of carbonyl (C=O) groups excluding carboxylic acids is 1. The first kappa shape index (κ1) is 18.4. The van der Waals surface area contributed by atoms with Crippen molar-refractivity contribution in [2.24, 2.45) is 0 Å². The highest BCUT2D eigenvalue weighted by Crippen LogP contribution is 2.20. The Morgan fingerprint density at radius 2 is 1.96 bits per heavy atom. The van der Waals surface area contributed by atoms with Gasteiger partial charge in [0.15, 0.2) is 0 Å². The second-order valence-corrected chi connectivity index (χ2v) is 7.67. The number of aryl methyl sites for hydroxylation is 3. The van der Waals surface area contributed by atoms with Gasteiger partial charge in [-0.05, 0) is 36.9 Å². The molecule has 0 radical (unpaired) electrons. The Bertz CT molecular complexity index is 1200. The van der Waals surface area contributed by atoms with E-state index in [2.05, 4.69) is 15.5 Å². The molecule has 3 aromatic heterocycles. The van der Waals surface area contributed by atoms with Gasteiger partial charge in [-0.1, -0.05) is 24.6 Å². The zero-order valence-corrected chi connectivity index (χ0v) is 16.6. The number of rotatable bonds is 6. The predicted octanol–water partition coefficient (Wildman–Crippen LogP) is 3.40. The molecule has 0 unspecified atom stereocenters. The summed E-state index contributed by atoms with van der Waals surface area (Å²) in [6.07, 6.45) is 1.55. The molecule has 4 rings (SSSR count). The SMILES string of the molecule is CCCn1c(=O)c2sccc2n2c(CCC(=O)Nc3ccc(C)cc3)nnc12. The fourth-order valence-corrected chi connectivity index (χ4v) is 4.08. The van der Waals surface area contributed by atoms with E-state index in [9.17, 15) is 9.59 Å². The van der Waals surface area contributed by atoms with E-state index in [1.807, 2.05) is 54.0 Å². The lowest BCUT2D eigenvalue weighted by molar-refractivity contribution is -0.116. The monoisotopic (exact) mass is 395 g/mol. The summed E-state index contributed by atoms with van der Waals surface area (Å²) in [5, 5.41) is 13.3. The highest BCUT2D eigenvalue weighted by molar-refractivity contribution is 7.17. The van der Waals surface area contributed by atoms with Crippen LogP contribution in [0.1, 0.15) is 31.2 Å². The second kappa shape index (κ2) is 7.55. The fraction of sp³-hybridized carbons (Fsp3) is 0.300. The smallest absolute Gasteiger partial charge is 0.272 e. The van der Waals surface area contributed by atoms with Crippen molar-refractivity contribution in [3.63, 3.8) is 0 Å². The molecule has 7 nitrogen and oxygen atoms in total. The van der Waals surface area contributed by atoms with E-state index >= 15 is 0 Å². The Morgan fingerprint density at radius 3 is 2.71 bits per heavy atom. The zero-order valence-electron chi connectivity index (χ0n) is 15.8. The molecule has 144 valence electrons. The van der Waals surface area contributed by atoms with Gasteiger partial charge in [-0.2, -0.15) is 0 Å². The molecule has 0 spiro atoms. The standard InChI is InChI=1S/C20H21N5O2S/c1-3-11-24-19(27)18-15(10-12-28-18)25-16(22-23-20(24)25)8-9-17(26)21-14-6-4-13(2)5-7-14/h4-7,10,12H,3,8-9,11H2,1-2H3,(H,21,26). The summed E-state index contributed by atoms with van der Waals surface area (Å²) < 4.78 is 4.26. The van der Waals surface area contributed by atoms with Crippen LogP contribution in [0, 0.1) is 6.92 Å². The topological polar surface area (TPSA) is 81.3 Å². The molecule has 1 aromatic carbocycles. The molecular formula is C20H21N5O2S. The normalized spacial score (nSPS) is 11.4. The molecule has 0 bridgehead atoms. The lowest BCUT2D eigenvalue weighted by atomic mass is 10.2. The van der Waals surface area contributed by atoms with E-state index < -0.39 is 0 Å². The third kappa shape index (κ3) is 3.31. The van der Waals surface area contributed by atoms with Crippen LogP contribution in [0.5, 0.6) is 0 Å². The lowest BCUT2D eigenvalue weighted by Gasteiger charge is -2.08. The van der Waals surface area contributed by atoms with Gasteiger partial charge in [-0.25, -0.2) is 0 Å². The molecule has 4 aromatic rings. The molecule has 0 saturated carbocycles. The fourth-order valence-electron chi connectivity index (χ4n) is 3.25. The quantitative estimate of drug-likeness (QED) is 0.543. The number of amides is 1. The third-order valence-electron chi connectivity index (χ3n) is 4.64. The molecule has 0 aliphatic carbocycles. The summed E-state index contributed by atoms with van der Waals surface area (Å²) in [5.74, 6) is 1.14. The molecule has 0 saturated heterocycles. The van der Waals surface area contributed by atoms with E-state index in [0.717, 1.165) is 23.2 Å². The number of aromatic nitrogens is 4. The molecule has 3 heterocycles.